The lowest BCUT2D eigenvalue weighted by Crippen LogP contribution is -2.50. The second-order valence-electron chi connectivity index (χ2n) is 7.32. The third-order valence-electron chi connectivity index (χ3n) is 5.58. The van der Waals surface area contributed by atoms with E-state index in [1.54, 1.807) is 23.1 Å². The summed E-state index contributed by atoms with van der Waals surface area (Å²) in [6, 6.07) is 11.9. The van der Waals surface area contributed by atoms with Crippen LogP contribution in [0.25, 0.3) is 0 Å². The average molecular weight is 401 g/mol. The Hall–Kier alpha value is -1.79. The number of thioether (sulfide) groups is 1. The Morgan fingerprint density at radius 1 is 1.33 bits per heavy atom. The predicted molar refractivity (Wildman–Crippen MR) is 111 cm³/mol. The van der Waals surface area contributed by atoms with Gasteiger partial charge in [-0.05, 0) is 42.3 Å². The Bertz CT molecular complexity index is 834. The zero-order chi connectivity index (χ0) is 19.0. The van der Waals surface area contributed by atoms with E-state index in [2.05, 4.69) is 49.5 Å². The lowest BCUT2D eigenvalue weighted by molar-refractivity contribution is -0.138. The smallest absolute Gasteiger partial charge is 0.244 e. The van der Waals surface area contributed by atoms with Crippen LogP contribution >= 0.6 is 23.1 Å². The van der Waals surface area contributed by atoms with E-state index >= 15 is 0 Å². The molecule has 0 radical (unpaired) electrons. The van der Waals surface area contributed by atoms with E-state index in [0.29, 0.717) is 12.2 Å². The first-order valence-corrected chi connectivity index (χ1v) is 11.3. The van der Waals surface area contributed by atoms with Crippen molar-refractivity contribution in [2.75, 3.05) is 5.75 Å². The number of carbonyl (C=O) groups is 2. The van der Waals surface area contributed by atoms with Gasteiger partial charge in [-0.3, -0.25) is 9.59 Å². The van der Waals surface area contributed by atoms with Crippen molar-refractivity contribution in [1.82, 2.24) is 10.2 Å². The summed E-state index contributed by atoms with van der Waals surface area (Å²) in [6.07, 6.45) is 2.36. The van der Waals surface area contributed by atoms with Crippen molar-refractivity contribution in [3.8, 4) is 0 Å². The van der Waals surface area contributed by atoms with Gasteiger partial charge in [0.15, 0.2) is 0 Å². The number of hydrogen-bond donors (Lipinski definition) is 1. The van der Waals surface area contributed by atoms with Crippen LogP contribution in [0.15, 0.2) is 41.8 Å². The molecule has 3 heterocycles. The summed E-state index contributed by atoms with van der Waals surface area (Å²) in [5.74, 6) is 0.710. The van der Waals surface area contributed by atoms with E-state index < -0.39 is 0 Å². The van der Waals surface area contributed by atoms with Crippen LogP contribution in [-0.4, -0.2) is 33.4 Å². The SMILES string of the molecule is CCc1ccc([C@H](NC(=O)[C@H]2CS[C@]3(C)CCC(=O)N23)c2cccs2)cc1. The molecule has 2 fully saturated rings. The van der Waals surface area contributed by atoms with Crippen LogP contribution in [0.5, 0.6) is 0 Å². The molecule has 2 aromatic rings. The maximum Gasteiger partial charge on any atom is 0.244 e. The Balaban J connectivity index is 1.58. The zero-order valence-corrected chi connectivity index (χ0v) is 17.2. The molecule has 2 saturated heterocycles. The number of hydrogen-bond acceptors (Lipinski definition) is 4. The second-order valence-corrected chi connectivity index (χ2v) is 9.80. The predicted octanol–water partition coefficient (Wildman–Crippen LogP) is 3.97. The highest BCUT2D eigenvalue weighted by Crippen LogP contribution is 2.47. The molecule has 1 aromatic heterocycles. The number of nitrogens with one attached hydrogen (secondary N) is 1. The fraction of sp³-hybridized carbons (Fsp3) is 0.429. The van der Waals surface area contributed by atoms with Crippen molar-refractivity contribution < 1.29 is 9.59 Å². The van der Waals surface area contributed by atoms with Gasteiger partial charge in [-0.2, -0.15) is 0 Å². The number of amides is 2. The summed E-state index contributed by atoms with van der Waals surface area (Å²) < 4.78 is 0. The first-order valence-electron chi connectivity index (χ1n) is 9.40. The highest BCUT2D eigenvalue weighted by molar-refractivity contribution is 8.01. The molecule has 3 atom stereocenters. The molecule has 2 amide bonds. The maximum atomic E-state index is 13.2. The molecule has 2 aliphatic heterocycles. The van der Waals surface area contributed by atoms with Gasteiger partial charge < -0.3 is 10.2 Å². The number of fused-ring (bicyclic) bond motifs is 1. The topological polar surface area (TPSA) is 49.4 Å². The first-order chi connectivity index (χ1) is 13.0. The van der Waals surface area contributed by atoms with E-state index in [1.165, 1.54) is 5.56 Å². The summed E-state index contributed by atoms with van der Waals surface area (Å²) in [5, 5.41) is 5.26. The normalized spacial score (nSPS) is 25.5. The van der Waals surface area contributed by atoms with Crippen LogP contribution in [0, 0.1) is 0 Å². The van der Waals surface area contributed by atoms with Crippen LogP contribution in [0.3, 0.4) is 0 Å². The summed E-state index contributed by atoms with van der Waals surface area (Å²) in [7, 11) is 0. The molecule has 1 aromatic carbocycles. The van der Waals surface area contributed by atoms with Gasteiger partial charge in [-0.15, -0.1) is 23.1 Å². The van der Waals surface area contributed by atoms with Gasteiger partial charge in [0.05, 0.1) is 10.9 Å². The molecule has 2 aliphatic rings. The second kappa shape index (κ2) is 7.32. The standard InChI is InChI=1S/C21H24N2O2S2/c1-3-14-6-8-15(9-7-14)19(17-5-4-12-26-17)22-20(25)16-13-27-21(2)11-10-18(24)23(16)21/h4-9,12,16,19H,3,10-11,13H2,1-2H3,(H,22,25)/t16-,19+,21-/m1/s1. The lowest BCUT2D eigenvalue weighted by Gasteiger charge is -2.31. The first kappa shape index (κ1) is 18.6. The Morgan fingerprint density at radius 2 is 2.11 bits per heavy atom. The molecule has 0 spiro atoms. The lowest BCUT2D eigenvalue weighted by atomic mass is 10.0. The molecule has 0 bridgehead atoms. The van der Waals surface area contributed by atoms with Crippen molar-refractivity contribution in [2.24, 2.45) is 0 Å². The van der Waals surface area contributed by atoms with Crippen LogP contribution in [0.2, 0.25) is 0 Å². The van der Waals surface area contributed by atoms with Crippen molar-refractivity contribution in [3.63, 3.8) is 0 Å². The summed E-state index contributed by atoms with van der Waals surface area (Å²) in [5.41, 5.74) is 2.35. The van der Waals surface area contributed by atoms with Crippen LogP contribution in [0.1, 0.15) is 48.7 Å². The maximum absolute atomic E-state index is 13.2. The molecular formula is C21H24N2O2S2. The summed E-state index contributed by atoms with van der Waals surface area (Å²) in [4.78, 5) is 28.2. The summed E-state index contributed by atoms with van der Waals surface area (Å²) >= 11 is 3.37. The van der Waals surface area contributed by atoms with Gasteiger partial charge in [-0.1, -0.05) is 37.3 Å². The van der Waals surface area contributed by atoms with E-state index in [4.69, 9.17) is 0 Å². The Kier molecular flexibility index (Phi) is 5.03. The highest BCUT2D eigenvalue weighted by Gasteiger charge is 2.53. The number of rotatable bonds is 5. The van der Waals surface area contributed by atoms with E-state index in [-0.39, 0.29) is 28.8 Å². The molecule has 1 N–H and O–H groups in total. The minimum Gasteiger partial charge on any atom is -0.343 e. The van der Waals surface area contributed by atoms with Gasteiger partial charge in [0.1, 0.15) is 6.04 Å². The van der Waals surface area contributed by atoms with E-state index in [1.807, 2.05) is 16.3 Å². The van der Waals surface area contributed by atoms with Gasteiger partial charge in [-0.25, -0.2) is 0 Å². The molecule has 27 heavy (non-hydrogen) atoms. The number of benzene rings is 1. The minimum atomic E-state index is -0.382. The van der Waals surface area contributed by atoms with Gasteiger partial charge in [0.2, 0.25) is 11.8 Å². The van der Waals surface area contributed by atoms with Crippen LogP contribution < -0.4 is 5.32 Å². The van der Waals surface area contributed by atoms with Crippen LogP contribution in [-0.2, 0) is 16.0 Å². The van der Waals surface area contributed by atoms with Crippen molar-refractivity contribution in [3.05, 3.63) is 57.8 Å². The largest absolute Gasteiger partial charge is 0.343 e. The highest BCUT2D eigenvalue weighted by atomic mass is 32.2. The minimum absolute atomic E-state index is 0.0561. The number of nitrogens with zero attached hydrogens (tertiary/aromatic N) is 1. The molecule has 0 aliphatic carbocycles. The fourth-order valence-corrected chi connectivity index (χ4v) is 6.21. The van der Waals surface area contributed by atoms with E-state index in [0.717, 1.165) is 23.3 Å². The Morgan fingerprint density at radius 3 is 2.78 bits per heavy atom. The molecule has 4 nitrogen and oxygen atoms in total. The van der Waals surface area contributed by atoms with E-state index in [9.17, 15) is 9.59 Å². The van der Waals surface area contributed by atoms with Crippen molar-refractivity contribution in [1.29, 1.82) is 0 Å². The molecule has 0 saturated carbocycles. The fourth-order valence-electron chi connectivity index (χ4n) is 3.97. The average Bonchev–Trinajstić information content (AvgIpc) is 3.38. The van der Waals surface area contributed by atoms with Gasteiger partial charge in [0.25, 0.3) is 0 Å². The molecule has 4 rings (SSSR count). The summed E-state index contributed by atoms with van der Waals surface area (Å²) in [6.45, 7) is 4.21. The molecule has 142 valence electrons. The van der Waals surface area contributed by atoms with Gasteiger partial charge >= 0.3 is 0 Å². The number of aryl methyl sites for hydroxylation is 1. The number of carbonyl (C=O) groups excluding carboxylic acids is 2. The quantitative estimate of drug-likeness (QED) is 0.826. The third-order valence-corrected chi connectivity index (χ3v) is 8.03. The van der Waals surface area contributed by atoms with Gasteiger partial charge in [0, 0.05) is 17.1 Å². The molecular weight excluding hydrogens is 376 g/mol. The molecule has 0 unspecified atom stereocenters. The van der Waals surface area contributed by atoms with Crippen molar-refractivity contribution in [2.45, 2.75) is 50.1 Å². The Labute approximate surface area is 168 Å². The monoisotopic (exact) mass is 400 g/mol. The molecule has 6 heteroatoms. The number of thiophene rings is 1. The third kappa shape index (κ3) is 3.41. The van der Waals surface area contributed by atoms with Crippen molar-refractivity contribution >= 4 is 34.9 Å². The zero-order valence-electron chi connectivity index (χ0n) is 15.6. The van der Waals surface area contributed by atoms with Crippen LogP contribution in [0.4, 0.5) is 0 Å².